The molecule has 0 bridgehead atoms. The fourth-order valence-electron chi connectivity index (χ4n) is 3.27. The second-order valence-corrected chi connectivity index (χ2v) is 9.32. The molecule has 2 aromatic heterocycles. The molecule has 1 aliphatic heterocycles. The van der Waals surface area contributed by atoms with Crippen LogP contribution in [-0.2, 0) is 9.59 Å². The maximum absolute atomic E-state index is 13.2. The van der Waals surface area contributed by atoms with E-state index in [1.165, 1.54) is 16.6 Å². The molecule has 0 fully saturated rings. The number of amides is 2. The van der Waals surface area contributed by atoms with Gasteiger partial charge >= 0.3 is 0 Å². The standard InChI is InChI=1S/C20H20N4O2S2/c1-10-11(2)27-18-17(10)19(22-13(4)21-18)28-12(3)20(26)24-9-16(25)23-14-7-5-6-8-15(14)24/h5-8,12H,9H2,1-4H3,(H,23,25)/t12-/m1/s1. The second-order valence-electron chi connectivity index (χ2n) is 6.79. The number of fused-ring (bicyclic) bond motifs is 2. The highest BCUT2D eigenvalue weighted by Gasteiger charge is 2.30. The van der Waals surface area contributed by atoms with Crippen LogP contribution in [0.2, 0.25) is 0 Å². The highest BCUT2D eigenvalue weighted by atomic mass is 32.2. The number of hydrogen-bond acceptors (Lipinski definition) is 6. The Morgan fingerprint density at radius 1 is 1.25 bits per heavy atom. The van der Waals surface area contributed by atoms with Gasteiger partial charge in [-0.2, -0.15) is 0 Å². The number of benzene rings is 1. The summed E-state index contributed by atoms with van der Waals surface area (Å²) in [5.41, 5.74) is 2.55. The number of thioether (sulfide) groups is 1. The molecule has 6 nitrogen and oxygen atoms in total. The quantitative estimate of drug-likeness (QED) is 0.518. The van der Waals surface area contributed by atoms with Gasteiger partial charge in [0.2, 0.25) is 11.8 Å². The van der Waals surface area contributed by atoms with Crippen molar-refractivity contribution in [3.63, 3.8) is 0 Å². The zero-order valence-corrected chi connectivity index (χ0v) is 17.7. The van der Waals surface area contributed by atoms with Crippen molar-refractivity contribution >= 4 is 56.5 Å². The molecule has 1 aromatic carbocycles. The van der Waals surface area contributed by atoms with E-state index in [-0.39, 0.29) is 18.4 Å². The van der Waals surface area contributed by atoms with Crippen LogP contribution in [0.15, 0.2) is 29.3 Å². The minimum Gasteiger partial charge on any atom is -0.323 e. The van der Waals surface area contributed by atoms with Crippen molar-refractivity contribution in [3.8, 4) is 0 Å². The van der Waals surface area contributed by atoms with Crippen molar-refractivity contribution < 1.29 is 9.59 Å². The van der Waals surface area contributed by atoms with Crippen molar-refractivity contribution in [3.05, 3.63) is 40.5 Å². The number of rotatable bonds is 3. The van der Waals surface area contributed by atoms with Gasteiger partial charge in [0, 0.05) is 10.3 Å². The largest absolute Gasteiger partial charge is 0.323 e. The predicted molar refractivity (Wildman–Crippen MR) is 114 cm³/mol. The Balaban J connectivity index is 1.66. The van der Waals surface area contributed by atoms with Crippen LogP contribution in [0.25, 0.3) is 10.2 Å². The maximum atomic E-state index is 13.2. The maximum Gasteiger partial charge on any atom is 0.244 e. The lowest BCUT2D eigenvalue weighted by atomic mass is 10.2. The number of thiophene rings is 1. The third-order valence-corrected chi connectivity index (χ3v) is 6.96. The highest BCUT2D eigenvalue weighted by Crippen LogP contribution is 2.38. The van der Waals surface area contributed by atoms with E-state index in [0.29, 0.717) is 11.5 Å². The summed E-state index contributed by atoms with van der Waals surface area (Å²) in [4.78, 5) is 38.1. The first-order chi connectivity index (χ1) is 13.3. The van der Waals surface area contributed by atoms with Gasteiger partial charge in [0.05, 0.1) is 16.6 Å². The van der Waals surface area contributed by atoms with Crippen LogP contribution < -0.4 is 10.2 Å². The summed E-state index contributed by atoms with van der Waals surface area (Å²) >= 11 is 3.07. The third-order valence-electron chi connectivity index (χ3n) is 4.78. The lowest BCUT2D eigenvalue weighted by molar-refractivity contribution is -0.121. The van der Waals surface area contributed by atoms with E-state index < -0.39 is 5.25 Å². The van der Waals surface area contributed by atoms with E-state index in [0.717, 1.165) is 26.5 Å². The number of para-hydroxylation sites is 2. The van der Waals surface area contributed by atoms with E-state index in [1.54, 1.807) is 22.3 Å². The summed E-state index contributed by atoms with van der Waals surface area (Å²) < 4.78 is 0. The molecule has 0 saturated carbocycles. The van der Waals surface area contributed by atoms with Gasteiger partial charge in [-0.15, -0.1) is 11.3 Å². The van der Waals surface area contributed by atoms with Crippen molar-refractivity contribution in [1.82, 2.24) is 9.97 Å². The second kappa shape index (κ2) is 7.18. The topological polar surface area (TPSA) is 75.2 Å². The molecule has 4 rings (SSSR count). The number of aryl methyl sites for hydroxylation is 3. The summed E-state index contributed by atoms with van der Waals surface area (Å²) in [6.07, 6.45) is 0. The highest BCUT2D eigenvalue weighted by molar-refractivity contribution is 8.00. The number of nitrogens with zero attached hydrogens (tertiary/aromatic N) is 3. The van der Waals surface area contributed by atoms with Crippen molar-refractivity contribution in [2.45, 2.75) is 38.0 Å². The Morgan fingerprint density at radius 2 is 2.00 bits per heavy atom. The third kappa shape index (κ3) is 3.27. The molecular weight excluding hydrogens is 392 g/mol. The molecule has 1 atom stereocenters. The minimum absolute atomic E-state index is 0.0234. The number of nitrogens with one attached hydrogen (secondary N) is 1. The molecule has 0 spiro atoms. The van der Waals surface area contributed by atoms with Gasteiger partial charge in [-0.1, -0.05) is 23.9 Å². The van der Waals surface area contributed by atoms with E-state index in [4.69, 9.17) is 0 Å². The van der Waals surface area contributed by atoms with E-state index in [2.05, 4.69) is 29.1 Å². The van der Waals surface area contributed by atoms with Crippen molar-refractivity contribution in [1.29, 1.82) is 0 Å². The normalized spacial score (nSPS) is 14.7. The van der Waals surface area contributed by atoms with Crippen LogP contribution in [-0.4, -0.2) is 33.6 Å². The average molecular weight is 413 g/mol. The Labute approximate surface area is 171 Å². The van der Waals surface area contributed by atoms with E-state index in [9.17, 15) is 9.59 Å². The van der Waals surface area contributed by atoms with E-state index >= 15 is 0 Å². The predicted octanol–water partition coefficient (Wildman–Crippen LogP) is 4.08. The SMILES string of the molecule is Cc1nc(S[C@H](C)C(=O)N2CC(=O)Nc3ccccc32)c2c(C)c(C)sc2n1. The zero-order valence-electron chi connectivity index (χ0n) is 16.1. The summed E-state index contributed by atoms with van der Waals surface area (Å²) in [7, 11) is 0. The van der Waals surface area contributed by atoms with Crippen LogP contribution in [0.3, 0.4) is 0 Å². The molecule has 0 saturated heterocycles. The summed E-state index contributed by atoms with van der Waals surface area (Å²) in [6, 6.07) is 7.36. The van der Waals surface area contributed by atoms with Crippen molar-refractivity contribution in [2.24, 2.45) is 0 Å². The van der Waals surface area contributed by atoms with E-state index in [1.807, 2.05) is 32.0 Å². The first-order valence-electron chi connectivity index (χ1n) is 8.96. The molecule has 8 heteroatoms. The fraction of sp³-hybridized carbons (Fsp3) is 0.300. The van der Waals surface area contributed by atoms with Crippen LogP contribution >= 0.6 is 23.1 Å². The Bertz CT molecular complexity index is 1110. The molecule has 2 amide bonds. The lowest BCUT2D eigenvalue weighted by Crippen LogP contribution is -2.45. The van der Waals surface area contributed by atoms with Crippen LogP contribution in [0.4, 0.5) is 11.4 Å². The van der Waals surface area contributed by atoms with Crippen molar-refractivity contribution in [2.75, 3.05) is 16.8 Å². The van der Waals surface area contributed by atoms with Gasteiger partial charge in [0.15, 0.2) is 0 Å². The van der Waals surface area contributed by atoms with Crippen LogP contribution in [0.5, 0.6) is 0 Å². The molecule has 1 aliphatic rings. The van der Waals surface area contributed by atoms with Crippen LogP contribution in [0.1, 0.15) is 23.2 Å². The summed E-state index contributed by atoms with van der Waals surface area (Å²) in [5.74, 6) is 0.397. The molecule has 1 N–H and O–H groups in total. The molecule has 3 heterocycles. The molecule has 144 valence electrons. The lowest BCUT2D eigenvalue weighted by Gasteiger charge is -2.30. The fourth-order valence-corrected chi connectivity index (χ4v) is 5.52. The molecule has 3 aromatic rings. The van der Waals surface area contributed by atoms with Gasteiger partial charge in [0.1, 0.15) is 22.2 Å². The number of carbonyl (C=O) groups excluding carboxylic acids is 2. The average Bonchev–Trinajstić information content (AvgIpc) is 2.94. The zero-order chi connectivity index (χ0) is 20.0. The number of aromatic nitrogens is 2. The van der Waals surface area contributed by atoms with Gasteiger partial charge in [-0.25, -0.2) is 9.97 Å². The van der Waals surface area contributed by atoms with Gasteiger partial charge in [-0.05, 0) is 45.4 Å². The molecular formula is C20H20N4O2S2. The molecule has 0 radical (unpaired) electrons. The van der Waals surface area contributed by atoms with Gasteiger partial charge in [-0.3, -0.25) is 14.5 Å². The molecule has 28 heavy (non-hydrogen) atoms. The Kier molecular flexibility index (Phi) is 4.84. The number of carbonyl (C=O) groups is 2. The summed E-state index contributed by atoms with van der Waals surface area (Å²) in [6.45, 7) is 7.89. The summed E-state index contributed by atoms with van der Waals surface area (Å²) in [5, 5.41) is 4.27. The van der Waals surface area contributed by atoms with Gasteiger partial charge < -0.3 is 5.32 Å². The number of hydrogen-bond donors (Lipinski definition) is 1. The molecule has 0 unspecified atom stereocenters. The van der Waals surface area contributed by atoms with Gasteiger partial charge in [0.25, 0.3) is 0 Å². The number of anilines is 2. The smallest absolute Gasteiger partial charge is 0.244 e. The Morgan fingerprint density at radius 3 is 2.79 bits per heavy atom. The van der Waals surface area contributed by atoms with Crippen LogP contribution in [0, 0.1) is 20.8 Å². The monoisotopic (exact) mass is 412 g/mol. The Hall–Kier alpha value is -2.45. The minimum atomic E-state index is -0.393. The molecule has 0 aliphatic carbocycles. The first-order valence-corrected chi connectivity index (χ1v) is 10.7. The first kappa shape index (κ1) is 18.9.